The first-order chi connectivity index (χ1) is 19.8. The molecule has 0 aromatic heterocycles. The molecule has 0 bridgehead atoms. The average Bonchev–Trinajstić information content (AvgIpc) is 3.34. The number of fused-ring (bicyclic) bond motifs is 2. The van der Waals surface area contributed by atoms with Gasteiger partial charge in [-0.15, -0.1) is 0 Å². The lowest BCUT2D eigenvalue weighted by Gasteiger charge is -2.48. The summed E-state index contributed by atoms with van der Waals surface area (Å²) in [5.74, 6) is -0.156. The maximum atomic E-state index is 16.3. The summed E-state index contributed by atoms with van der Waals surface area (Å²) in [6.45, 7) is 1.74. The summed E-state index contributed by atoms with van der Waals surface area (Å²) >= 11 is 19.3. The minimum Gasteiger partial charge on any atom is -0.490 e. The van der Waals surface area contributed by atoms with Crippen LogP contribution in [0.25, 0.3) is 0 Å². The van der Waals surface area contributed by atoms with E-state index in [1.165, 1.54) is 6.07 Å². The number of likely N-dealkylation sites (tertiary alicyclic amines) is 1. The molecular formula is C31H30Cl3FN4O2. The Labute approximate surface area is 253 Å². The molecule has 0 radical (unpaired) electrons. The molecule has 2 fully saturated rings. The monoisotopic (exact) mass is 614 g/mol. The highest BCUT2D eigenvalue weighted by Gasteiger charge is 2.54. The number of amides is 2. The molecule has 6 nitrogen and oxygen atoms in total. The third-order valence-corrected chi connectivity index (χ3v) is 9.31. The maximum absolute atomic E-state index is 16.3. The van der Waals surface area contributed by atoms with Crippen molar-refractivity contribution < 1.29 is 13.9 Å². The van der Waals surface area contributed by atoms with Gasteiger partial charge in [-0.3, -0.25) is 4.99 Å². The fourth-order valence-corrected chi connectivity index (χ4v) is 7.18. The number of nitrogens with zero attached hydrogens (tertiary/aromatic N) is 2. The van der Waals surface area contributed by atoms with Crippen molar-refractivity contribution in [2.75, 3.05) is 26.7 Å². The number of aliphatic imine (C=N–C) groups is 1. The number of halogens is 4. The van der Waals surface area contributed by atoms with Crippen LogP contribution >= 0.6 is 34.8 Å². The number of hydrogen-bond donors (Lipinski definition) is 2. The van der Waals surface area contributed by atoms with E-state index in [0.717, 1.165) is 23.2 Å². The van der Waals surface area contributed by atoms with Crippen LogP contribution in [0.3, 0.4) is 0 Å². The molecule has 41 heavy (non-hydrogen) atoms. The molecule has 2 saturated heterocycles. The Balaban J connectivity index is 1.45. The van der Waals surface area contributed by atoms with Gasteiger partial charge < -0.3 is 20.3 Å². The molecule has 0 saturated carbocycles. The molecule has 3 atom stereocenters. The van der Waals surface area contributed by atoms with Gasteiger partial charge in [0.15, 0.2) is 0 Å². The summed E-state index contributed by atoms with van der Waals surface area (Å²) in [6, 6.07) is 16.1. The molecule has 0 unspecified atom stereocenters. The molecule has 1 spiro atoms. The van der Waals surface area contributed by atoms with E-state index in [1.807, 2.05) is 42.6 Å². The second kappa shape index (κ2) is 11.4. The van der Waals surface area contributed by atoms with Crippen LogP contribution in [0.4, 0.5) is 14.9 Å². The number of carbonyl (C=O) groups is 1. The molecule has 214 valence electrons. The SMILES string of the molecule is CNC(=O)N1CCC(Oc2ccc(Cl)c(F)c2[C@@H]2NCC[C@@H](c3cccc(Cl)c3)[C@]23C=Nc2cc(Cl)ccc23)CC1. The standard InChI is InChI=1S/C31H30Cl3FN4O2/c1-36-30(40)39-13-10-21(11-14-39)41-26-8-7-24(34)28(35)27(26)29-31(17-38-25-16-20(33)5-6-23(25)31)22(9-12-37-29)18-3-2-4-19(32)15-18/h2-8,15-17,21-22,29,37H,9-14H2,1H3,(H,36,40)/t22-,29-,31-/m0/s1. The van der Waals surface area contributed by atoms with Crippen LogP contribution in [0.5, 0.6) is 5.75 Å². The fraction of sp³-hybridized carbons (Fsp3) is 0.355. The predicted octanol–water partition coefficient (Wildman–Crippen LogP) is 7.44. The smallest absolute Gasteiger partial charge is 0.317 e. The first-order valence-corrected chi connectivity index (χ1v) is 14.9. The third kappa shape index (κ3) is 5.07. The minimum absolute atomic E-state index is 0.0230. The summed E-state index contributed by atoms with van der Waals surface area (Å²) in [6.07, 6.45) is 3.80. The van der Waals surface area contributed by atoms with Gasteiger partial charge in [-0.25, -0.2) is 9.18 Å². The largest absolute Gasteiger partial charge is 0.490 e. The van der Waals surface area contributed by atoms with Gasteiger partial charge in [0.25, 0.3) is 0 Å². The van der Waals surface area contributed by atoms with Gasteiger partial charge in [0, 0.05) is 60.7 Å². The summed E-state index contributed by atoms with van der Waals surface area (Å²) < 4.78 is 22.8. The van der Waals surface area contributed by atoms with Gasteiger partial charge in [-0.2, -0.15) is 0 Å². The van der Waals surface area contributed by atoms with E-state index >= 15 is 4.39 Å². The molecule has 3 heterocycles. The van der Waals surface area contributed by atoms with Gasteiger partial charge in [-0.05, 0) is 60.5 Å². The molecular weight excluding hydrogens is 586 g/mol. The zero-order valence-corrected chi connectivity index (χ0v) is 24.7. The first-order valence-electron chi connectivity index (χ1n) is 13.8. The summed E-state index contributed by atoms with van der Waals surface area (Å²) in [5, 5.41) is 7.53. The van der Waals surface area contributed by atoms with Crippen molar-refractivity contribution in [2.24, 2.45) is 4.99 Å². The van der Waals surface area contributed by atoms with Crippen molar-refractivity contribution in [3.8, 4) is 5.75 Å². The highest BCUT2D eigenvalue weighted by molar-refractivity contribution is 6.31. The minimum atomic E-state index is -0.769. The van der Waals surface area contributed by atoms with Crippen molar-refractivity contribution in [2.45, 2.75) is 42.7 Å². The zero-order valence-electron chi connectivity index (χ0n) is 22.5. The Hall–Kier alpha value is -2.84. The topological polar surface area (TPSA) is 66.0 Å². The molecule has 3 aromatic carbocycles. The average molecular weight is 616 g/mol. The Morgan fingerprint density at radius 3 is 2.61 bits per heavy atom. The van der Waals surface area contributed by atoms with Gasteiger partial charge >= 0.3 is 6.03 Å². The number of nitrogens with one attached hydrogen (secondary N) is 2. The van der Waals surface area contributed by atoms with Gasteiger partial charge in [-0.1, -0.05) is 53.0 Å². The van der Waals surface area contributed by atoms with Crippen LogP contribution in [0.15, 0.2) is 59.6 Å². The highest BCUT2D eigenvalue weighted by atomic mass is 35.5. The van der Waals surface area contributed by atoms with Crippen molar-refractivity contribution in [3.63, 3.8) is 0 Å². The van der Waals surface area contributed by atoms with Gasteiger partial charge in [0.05, 0.1) is 22.2 Å². The van der Waals surface area contributed by atoms with E-state index in [0.29, 0.717) is 53.8 Å². The van der Waals surface area contributed by atoms with Crippen molar-refractivity contribution >= 4 is 52.7 Å². The number of urea groups is 1. The molecule has 10 heteroatoms. The van der Waals surface area contributed by atoms with Crippen LogP contribution < -0.4 is 15.4 Å². The Morgan fingerprint density at radius 2 is 1.85 bits per heavy atom. The zero-order chi connectivity index (χ0) is 28.7. The van der Waals surface area contributed by atoms with E-state index in [4.69, 9.17) is 44.5 Å². The van der Waals surface area contributed by atoms with Gasteiger partial charge in [0.1, 0.15) is 17.7 Å². The molecule has 6 rings (SSSR count). The quantitative estimate of drug-likeness (QED) is 0.321. The molecule has 2 amide bonds. The van der Waals surface area contributed by atoms with E-state index in [1.54, 1.807) is 18.0 Å². The number of carbonyl (C=O) groups excluding carboxylic acids is 1. The molecule has 3 aliphatic rings. The number of hydrogen-bond acceptors (Lipinski definition) is 4. The number of benzene rings is 3. The Kier molecular flexibility index (Phi) is 7.90. The molecule has 3 aromatic rings. The van der Waals surface area contributed by atoms with Crippen LogP contribution in [0, 0.1) is 5.82 Å². The number of rotatable bonds is 4. The lowest BCUT2D eigenvalue weighted by atomic mass is 9.60. The van der Waals surface area contributed by atoms with Crippen LogP contribution in [-0.4, -0.2) is 49.9 Å². The summed E-state index contributed by atoms with van der Waals surface area (Å²) in [5.41, 5.74) is 2.35. The lowest BCUT2D eigenvalue weighted by Crippen LogP contribution is -2.52. The lowest BCUT2D eigenvalue weighted by molar-refractivity contribution is 0.109. The van der Waals surface area contributed by atoms with E-state index in [-0.39, 0.29) is 23.1 Å². The van der Waals surface area contributed by atoms with Crippen molar-refractivity contribution in [3.05, 3.63) is 92.2 Å². The van der Waals surface area contributed by atoms with E-state index in [9.17, 15) is 4.79 Å². The van der Waals surface area contributed by atoms with Crippen LogP contribution in [0.1, 0.15) is 47.9 Å². The van der Waals surface area contributed by atoms with E-state index < -0.39 is 17.3 Å². The Bertz CT molecular complexity index is 1510. The molecule has 0 aliphatic carbocycles. The van der Waals surface area contributed by atoms with Crippen molar-refractivity contribution in [1.29, 1.82) is 0 Å². The van der Waals surface area contributed by atoms with E-state index in [2.05, 4.69) is 16.7 Å². The maximum Gasteiger partial charge on any atom is 0.317 e. The fourth-order valence-electron chi connectivity index (χ4n) is 6.65. The summed E-state index contributed by atoms with van der Waals surface area (Å²) in [7, 11) is 1.62. The second-order valence-electron chi connectivity index (χ2n) is 10.8. The predicted molar refractivity (Wildman–Crippen MR) is 162 cm³/mol. The van der Waals surface area contributed by atoms with Crippen LogP contribution in [-0.2, 0) is 5.41 Å². The van der Waals surface area contributed by atoms with Crippen LogP contribution in [0.2, 0.25) is 15.1 Å². The highest BCUT2D eigenvalue weighted by Crippen LogP contribution is 2.57. The van der Waals surface area contributed by atoms with Crippen molar-refractivity contribution in [1.82, 2.24) is 15.5 Å². The molecule has 2 N–H and O–H groups in total. The Morgan fingerprint density at radius 1 is 1.07 bits per heavy atom. The second-order valence-corrected chi connectivity index (χ2v) is 12.0. The number of ether oxygens (including phenoxy) is 1. The normalized spacial score (nSPS) is 24.0. The third-order valence-electron chi connectivity index (χ3n) is 8.55. The summed E-state index contributed by atoms with van der Waals surface area (Å²) in [4.78, 5) is 18.7. The first kappa shape index (κ1) is 28.3. The van der Waals surface area contributed by atoms with Gasteiger partial charge in [0.2, 0.25) is 0 Å². The molecule has 3 aliphatic heterocycles. The number of piperidine rings is 2.